The maximum absolute atomic E-state index is 11.8. The van der Waals surface area contributed by atoms with Crippen molar-refractivity contribution in [2.45, 2.75) is 12.1 Å². The fourth-order valence-corrected chi connectivity index (χ4v) is 3.92. The van der Waals surface area contributed by atoms with E-state index in [1.807, 2.05) is 22.6 Å². The van der Waals surface area contributed by atoms with Crippen molar-refractivity contribution >= 4 is 46.4 Å². The largest absolute Gasteiger partial charge is 0.504 e. The minimum Gasteiger partial charge on any atom is -0.504 e. The first-order valence-electron chi connectivity index (χ1n) is 9.19. The van der Waals surface area contributed by atoms with Gasteiger partial charge >= 0.3 is 5.97 Å². The standard InChI is InChI=1S/C21H19IN2O7S/c1-4-30-16-6-11(5-15(22)18(16)25)7-17(20(26)27)32-21-24-23-19(31-21)12-8-13(28-2)10-14(9-12)29-3/h5-10,25H,4H2,1-3H3,(H,26,27)/b17-7-. The lowest BCUT2D eigenvalue weighted by Gasteiger charge is -2.09. The number of aromatic nitrogens is 2. The number of benzene rings is 2. The molecule has 1 aromatic heterocycles. The van der Waals surface area contributed by atoms with Crippen molar-refractivity contribution in [3.8, 4) is 34.5 Å². The number of carboxylic acid groups (broad SMARTS) is 1. The molecule has 0 saturated heterocycles. The highest BCUT2D eigenvalue weighted by molar-refractivity contribution is 14.1. The summed E-state index contributed by atoms with van der Waals surface area (Å²) in [6, 6.07) is 8.31. The molecule has 0 amide bonds. The first-order valence-corrected chi connectivity index (χ1v) is 11.1. The highest BCUT2D eigenvalue weighted by atomic mass is 127. The number of hydrogen-bond donors (Lipinski definition) is 2. The molecule has 0 radical (unpaired) electrons. The summed E-state index contributed by atoms with van der Waals surface area (Å²) >= 11 is 2.76. The second kappa shape index (κ2) is 10.6. The smallest absolute Gasteiger partial charge is 0.342 e. The molecule has 1 heterocycles. The van der Waals surface area contributed by atoms with E-state index in [2.05, 4.69) is 10.2 Å². The van der Waals surface area contributed by atoms with Gasteiger partial charge in [-0.3, -0.25) is 0 Å². The van der Waals surface area contributed by atoms with Crippen molar-refractivity contribution < 1.29 is 33.6 Å². The van der Waals surface area contributed by atoms with Crippen LogP contribution in [0, 0.1) is 3.57 Å². The van der Waals surface area contributed by atoms with E-state index in [0.29, 0.717) is 32.8 Å². The minimum atomic E-state index is -1.17. The van der Waals surface area contributed by atoms with Crippen LogP contribution < -0.4 is 14.2 Å². The molecular weight excluding hydrogens is 551 g/mol. The maximum Gasteiger partial charge on any atom is 0.342 e. The number of aliphatic carboxylic acids is 1. The normalized spacial score (nSPS) is 11.3. The Balaban J connectivity index is 1.90. The third-order valence-corrected chi connectivity index (χ3v) is 5.74. The van der Waals surface area contributed by atoms with Crippen LogP contribution in [0.25, 0.3) is 17.5 Å². The van der Waals surface area contributed by atoms with Crippen LogP contribution >= 0.6 is 34.4 Å². The van der Waals surface area contributed by atoms with Gasteiger partial charge < -0.3 is 28.8 Å². The molecule has 0 bridgehead atoms. The van der Waals surface area contributed by atoms with E-state index in [4.69, 9.17) is 18.6 Å². The number of carbonyl (C=O) groups is 1. The molecule has 3 aromatic rings. The zero-order valence-electron chi connectivity index (χ0n) is 17.3. The molecule has 2 aromatic carbocycles. The Morgan fingerprint density at radius 2 is 1.84 bits per heavy atom. The second-order valence-electron chi connectivity index (χ2n) is 6.17. The highest BCUT2D eigenvalue weighted by Crippen LogP contribution is 2.36. The number of methoxy groups -OCH3 is 2. The Labute approximate surface area is 201 Å². The van der Waals surface area contributed by atoms with Gasteiger partial charge in [0.2, 0.25) is 5.89 Å². The Bertz CT molecular complexity index is 1140. The zero-order chi connectivity index (χ0) is 23.3. The predicted molar refractivity (Wildman–Crippen MR) is 126 cm³/mol. The number of rotatable bonds is 9. The van der Waals surface area contributed by atoms with Crippen molar-refractivity contribution in [1.82, 2.24) is 10.2 Å². The number of thioether (sulfide) groups is 1. The Kier molecular flexibility index (Phi) is 7.85. The van der Waals surface area contributed by atoms with Gasteiger partial charge in [0.15, 0.2) is 11.5 Å². The van der Waals surface area contributed by atoms with Crippen LogP contribution in [0.5, 0.6) is 23.0 Å². The summed E-state index contributed by atoms with van der Waals surface area (Å²) in [5.41, 5.74) is 1.11. The third kappa shape index (κ3) is 5.65. The zero-order valence-corrected chi connectivity index (χ0v) is 20.3. The molecule has 2 N–H and O–H groups in total. The van der Waals surface area contributed by atoms with E-state index in [-0.39, 0.29) is 27.5 Å². The molecule has 11 heteroatoms. The molecule has 168 valence electrons. The Morgan fingerprint density at radius 3 is 2.44 bits per heavy atom. The average Bonchev–Trinajstić information content (AvgIpc) is 3.25. The van der Waals surface area contributed by atoms with Crippen molar-refractivity contribution in [2.24, 2.45) is 0 Å². The van der Waals surface area contributed by atoms with Crippen LogP contribution in [0.4, 0.5) is 0 Å². The molecular formula is C21H19IN2O7S. The van der Waals surface area contributed by atoms with Gasteiger partial charge in [-0.05, 0) is 77.2 Å². The lowest BCUT2D eigenvalue weighted by Crippen LogP contribution is -1.98. The van der Waals surface area contributed by atoms with Crippen LogP contribution in [-0.4, -0.2) is 47.2 Å². The molecule has 3 rings (SSSR count). The number of phenols is 1. The number of nitrogens with zero attached hydrogens (tertiary/aromatic N) is 2. The molecule has 0 fully saturated rings. The van der Waals surface area contributed by atoms with E-state index < -0.39 is 5.97 Å². The van der Waals surface area contributed by atoms with Gasteiger partial charge in [0.1, 0.15) is 16.4 Å². The van der Waals surface area contributed by atoms with Crippen LogP contribution in [0.15, 0.2) is 44.9 Å². The molecule has 9 nitrogen and oxygen atoms in total. The van der Waals surface area contributed by atoms with Gasteiger partial charge in [-0.1, -0.05) is 0 Å². The lowest BCUT2D eigenvalue weighted by atomic mass is 10.2. The monoisotopic (exact) mass is 570 g/mol. The number of ether oxygens (including phenoxy) is 3. The Hall–Kier alpha value is -2.93. The van der Waals surface area contributed by atoms with E-state index in [9.17, 15) is 15.0 Å². The molecule has 0 aliphatic heterocycles. The van der Waals surface area contributed by atoms with Crippen LogP contribution in [0.3, 0.4) is 0 Å². The van der Waals surface area contributed by atoms with E-state index in [1.165, 1.54) is 20.3 Å². The van der Waals surface area contributed by atoms with Gasteiger partial charge in [0.25, 0.3) is 5.22 Å². The fraction of sp³-hybridized carbons (Fsp3) is 0.190. The SMILES string of the molecule is CCOc1cc(/C=C(\Sc2nnc(-c3cc(OC)cc(OC)c3)o2)C(=O)O)cc(I)c1O. The van der Waals surface area contributed by atoms with Crippen molar-refractivity contribution in [1.29, 1.82) is 0 Å². The van der Waals surface area contributed by atoms with Crippen molar-refractivity contribution in [2.75, 3.05) is 20.8 Å². The van der Waals surface area contributed by atoms with Crippen LogP contribution in [-0.2, 0) is 4.79 Å². The summed E-state index contributed by atoms with van der Waals surface area (Å²) in [4.78, 5) is 11.8. The minimum absolute atomic E-state index is 0.00406. The second-order valence-corrected chi connectivity index (χ2v) is 8.33. The quantitative estimate of drug-likeness (QED) is 0.213. The predicted octanol–water partition coefficient (Wildman–Crippen LogP) is 4.68. The van der Waals surface area contributed by atoms with Gasteiger partial charge in [-0.25, -0.2) is 4.79 Å². The fourth-order valence-electron chi connectivity index (χ4n) is 2.62. The number of hydrogen-bond acceptors (Lipinski definition) is 9. The van der Waals surface area contributed by atoms with Gasteiger partial charge in [-0.15, -0.1) is 10.2 Å². The summed E-state index contributed by atoms with van der Waals surface area (Å²) in [5, 5.41) is 27.7. The topological polar surface area (TPSA) is 124 Å². The molecule has 0 atom stereocenters. The molecule has 0 spiro atoms. The Morgan fingerprint density at radius 1 is 1.16 bits per heavy atom. The van der Waals surface area contributed by atoms with Crippen LogP contribution in [0.1, 0.15) is 12.5 Å². The highest BCUT2D eigenvalue weighted by Gasteiger charge is 2.18. The molecule has 32 heavy (non-hydrogen) atoms. The van der Waals surface area contributed by atoms with Gasteiger partial charge in [0, 0.05) is 11.6 Å². The van der Waals surface area contributed by atoms with E-state index in [1.54, 1.807) is 37.3 Å². The third-order valence-electron chi connectivity index (χ3n) is 4.06. The van der Waals surface area contributed by atoms with Gasteiger partial charge in [-0.2, -0.15) is 0 Å². The van der Waals surface area contributed by atoms with Gasteiger partial charge in [0.05, 0.1) is 24.4 Å². The maximum atomic E-state index is 11.8. The lowest BCUT2D eigenvalue weighted by molar-refractivity contribution is -0.131. The molecule has 0 saturated carbocycles. The first kappa shape index (κ1) is 23.7. The molecule has 0 aliphatic carbocycles. The summed E-state index contributed by atoms with van der Waals surface area (Å²) < 4.78 is 22.1. The molecule has 0 unspecified atom stereocenters. The number of halogens is 1. The van der Waals surface area contributed by atoms with Crippen LogP contribution in [0.2, 0.25) is 0 Å². The van der Waals surface area contributed by atoms with Crippen molar-refractivity contribution in [3.05, 3.63) is 44.4 Å². The summed E-state index contributed by atoms with van der Waals surface area (Å²) in [6.07, 6.45) is 1.44. The number of phenolic OH excluding ortho intramolecular Hbond substituents is 1. The molecule has 0 aliphatic rings. The first-order chi connectivity index (χ1) is 15.3. The summed E-state index contributed by atoms with van der Waals surface area (Å²) in [5.74, 6) is 0.387. The van der Waals surface area contributed by atoms with E-state index >= 15 is 0 Å². The number of carboxylic acids is 1. The van der Waals surface area contributed by atoms with E-state index in [0.717, 1.165) is 11.8 Å². The average molecular weight is 570 g/mol. The number of aromatic hydroxyl groups is 1. The van der Waals surface area contributed by atoms with Crippen molar-refractivity contribution in [3.63, 3.8) is 0 Å². The summed E-state index contributed by atoms with van der Waals surface area (Å²) in [7, 11) is 3.05. The summed E-state index contributed by atoms with van der Waals surface area (Å²) in [6.45, 7) is 2.15.